The van der Waals surface area contributed by atoms with Gasteiger partial charge >= 0.3 is 0 Å². The zero-order valence-electron chi connectivity index (χ0n) is 11.9. The van der Waals surface area contributed by atoms with Crippen LogP contribution in [0.25, 0.3) is 11.1 Å². The van der Waals surface area contributed by atoms with Crippen LogP contribution in [0.2, 0.25) is 0 Å². The first-order valence-electron chi connectivity index (χ1n) is 6.45. The lowest BCUT2D eigenvalue weighted by atomic mass is 9.86. The number of aryl methyl sites for hydroxylation is 1. The Morgan fingerprint density at radius 1 is 1.00 bits per heavy atom. The van der Waals surface area contributed by atoms with Crippen LogP contribution in [0.4, 0.5) is 10.1 Å². The van der Waals surface area contributed by atoms with E-state index in [1.807, 2.05) is 31.2 Å². The van der Waals surface area contributed by atoms with E-state index < -0.39 is 0 Å². The summed E-state index contributed by atoms with van der Waals surface area (Å²) < 4.78 is 14.0. The Labute approximate surface area is 114 Å². The number of benzene rings is 2. The number of halogens is 1. The van der Waals surface area contributed by atoms with Crippen LogP contribution in [0.1, 0.15) is 31.9 Å². The molecule has 19 heavy (non-hydrogen) atoms. The molecule has 2 rings (SSSR count). The Morgan fingerprint density at radius 2 is 1.58 bits per heavy atom. The van der Waals surface area contributed by atoms with E-state index in [9.17, 15) is 4.39 Å². The van der Waals surface area contributed by atoms with Gasteiger partial charge in [0.2, 0.25) is 0 Å². The van der Waals surface area contributed by atoms with E-state index >= 15 is 0 Å². The van der Waals surface area contributed by atoms with Crippen molar-refractivity contribution in [1.29, 1.82) is 0 Å². The number of anilines is 1. The topological polar surface area (TPSA) is 26.0 Å². The maximum absolute atomic E-state index is 14.0. The van der Waals surface area contributed by atoms with Crippen molar-refractivity contribution in [1.82, 2.24) is 0 Å². The maximum atomic E-state index is 14.0. The molecule has 0 fully saturated rings. The third-order valence-corrected chi connectivity index (χ3v) is 3.42. The third-order valence-electron chi connectivity index (χ3n) is 3.42. The van der Waals surface area contributed by atoms with Crippen molar-refractivity contribution in [2.75, 3.05) is 5.73 Å². The number of hydrogen-bond donors (Lipinski definition) is 1. The SMILES string of the molecule is Cc1cc(F)c(-c2ccc(C(C)(C)C)cc2)cc1N. The molecule has 0 saturated heterocycles. The first-order chi connectivity index (χ1) is 8.79. The van der Waals surface area contributed by atoms with E-state index in [4.69, 9.17) is 5.73 Å². The molecule has 0 unspecified atom stereocenters. The minimum absolute atomic E-state index is 0.101. The van der Waals surface area contributed by atoms with Crippen LogP contribution < -0.4 is 5.73 Å². The Bertz CT molecular complexity index is 592. The number of nitrogen functional groups attached to an aromatic ring is 1. The summed E-state index contributed by atoms with van der Waals surface area (Å²) in [5.41, 5.74) is 10.0. The van der Waals surface area contributed by atoms with Crippen molar-refractivity contribution in [2.45, 2.75) is 33.1 Å². The summed E-state index contributed by atoms with van der Waals surface area (Å²) in [7, 11) is 0. The van der Waals surface area contributed by atoms with Crippen LogP contribution in [-0.2, 0) is 5.41 Å². The number of nitrogens with two attached hydrogens (primary N) is 1. The van der Waals surface area contributed by atoms with Crippen LogP contribution in [0.15, 0.2) is 36.4 Å². The largest absolute Gasteiger partial charge is 0.398 e. The zero-order chi connectivity index (χ0) is 14.2. The molecule has 0 radical (unpaired) electrons. The van der Waals surface area contributed by atoms with Crippen molar-refractivity contribution in [3.05, 3.63) is 53.3 Å². The molecule has 0 bridgehead atoms. The first-order valence-corrected chi connectivity index (χ1v) is 6.45. The third kappa shape index (κ3) is 2.78. The molecule has 1 nitrogen and oxygen atoms in total. The van der Waals surface area contributed by atoms with Gasteiger partial charge in [-0.3, -0.25) is 0 Å². The molecule has 2 N–H and O–H groups in total. The van der Waals surface area contributed by atoms with Gasteiger partial charge in [0.05, 0.1) is 0 Å². The van der Waals surface area contributed by atoms with Gasteiger partial charge in [-0.05, 0) is 41.2 Å². The lowest BCUT2D eigenvalue weighted by Gasteiger charge is -2.19. The van der Waals surface area contributed by atoms with Gasteiger partial charge < -0.3 is 5.73 Å². The molecule has 100 valence electrons. The van der Waals surface area contributed by atoms with Gasteiger partial charge in [-0.15, -0.1) is 0 Å². The zero-order valence-corrected chi connectivity index (χ0v) is 11.9. The van der Waals surface area contributed by atoms with Crippen LogP contribution in [-0.4, -0.2) is 0 Å². The molecule has 2 aromatic carbocycles. The van der Waals surface area contributed by atoms with Gasteiger partial charge in [0.1, 0.15) is 5.82 Å². The molecular formula is C17H20FN. The van der Waals surface area contributed by atoms with Crippen LogP contribution >= 0.6 is 0 Å². The van der Waals surface area contributed by atoms with E-state index in [0.717, 1.165) is 11.1 Å². The van der Waals surface area contributed by atoms with Gasteiger partial charge in [0, 0.05) is 11.3 Å². The summed E-state index contributed by atoms with van der Waals surface area (Å²) in [5, 5.41) is 0. The highest BCUT2D eigenvalue weighted by Crippen LogP contribution is 2.29. The summed E-state index contributed by atoms with van der Waals surface area (Å²) in [4.78, 5) is 0. The molecule has 0 aliphatic heterocycles. The summed E-state index contributed by atoms with van der Waals surface area (Å²) in [6, 6.07) is 11.2. The fourth-order valence-electron chi connectivity index (χ4n) is 2.06. The highest BCUT2D eigenvalue weighted by atomic mass is 19.1. The van der Waals surface area contributed by atoms with Crippen molar-refractivity contribution in [2.24, 2.45) is 0 Å². The Morgan fingerprint density at radius 3 is 2.11 bits per heavy atom. The quantitative estimate of drug-likeness (QED) is 0.737. The molecule has 0 aliphatic rings. The second-order valence-electron chi connectivity index (χ2n) is 6.02. The fourth-order valence-corrected chi connectivity index (χ4v) is 2.06. The van der Waals surface area contributed by atoms with Crippen LogP contribution in [0.5, 0.6) is 0 Å². The molecule has 0 saturated carbocycles. The standard InChI is InChI=1S/C17H20FN/c1-11-9-15(18)14(10-16(11)19)12-5-7-13(8-6-12)17(2,3)4/h5-10H,19H2,1-4H3. The Balaban J connectivity index is 2.46. The average molecular weight is 257 g/mol. The smallest absolute Gasteiger partial charge is 0.131 e. The highest BCUT2D eigenvalue weighted by molar-refractivity contribution is 5.70. The molecule has 2 aromatic rings. The lowest BCUT2D eigenvalue weighted by molar-refractivity contribution is 0.590. The second kappa shape index (κ2) is 4.69. The highest BCUT2D eigenvalue weighted by Gasteiger charge is 2.14. The van der Waals surface area contributed by atoms with E-state index in [1.165, 1.54) is 11.6 Å². The first kappa shape index (κ1) is 13.6. The molecule has 0 heterocycles. The summed E-state index contributed by atoms with van der Waals surface area (Å²) in [6.45, 7) is 8.29. The minimum Gasteiger partial charge on any atom is -0.398 e. The van der Waals surface area contributed by atoms with Crippen molar-refractivity contribution < 1.29 is 4.39 Å². The second-order valence-corrected chi connectivity index (χ2v) is 6.02. The van der Waals surface area contributed by atoms with Gasteiger partial charge in [0.15, 0.2) is 0 Å². The van der Waals surface area contributed by atoms with Crippen molar-refractivity contribution in [3.8, 4) is 11.1 Å². The Kier molecular flexibility index (Phi) is 3.36. The number of hydrogen-bond acceptors (Lipinski definition) is 1. The summed E-state index contributed by atoms with van der Waals surface area (Å²) >= 11 is 0. The molecular weight excluding hydrogens is 237 g/mol. The van der Waals surface area contributed by atoms with E-state index in [1.54, 1.807) is 6.07 Å². The minimum atomic E-state index is -0.227. The van der Waals surface area contributed by atoms with Crippen molar-refractivity contribution in [3.63, 3.8) is 0 Å². The van der Waals surface area contributed by atoms with Crippen LogP contribution in [0, 0.1) is 12.7 Å². The summed E-state index contributed by atoms with van der Waals surface area (Å²) in [5.74, 6) is -0.227. The van der Waals surface area contributed by atoms with Gasteiger partial charge in [-0.25, -0.2) is 4.39 Å². The molecule has 0 spiro atoms. The van der Waals surface area contributed by atoms with E-state index in [2.05, 4.69) is 20.8 Å². The van der Waals surface area contributed by atoms with Gasteiger partial charge in [-0.2, -0.15) is 0 Å². The van der Waals surface area contributed by atoms with Gasteiger partial charge in [0.25, 0.3) is 0 Å². The molecule has 0 amide bonds. The maximum Gasteiger partial charge on any atom is 0.131 e. The lowest BCUT2D eigenvalue weighted by Crippen LogP contribution is -2.10. The van der Waals surface area contributed by atoms with E-state index in [0.29, 0.717) is 11.3 Å². The van der Waals surface area contributed by atoms with E-state index in [-0.39, 0.29) is 11.2 Å². The number of rotatable bonds is 1. The monoisotopic (exact) mass is 257 g/mol. The molecule has 0 aliphatic carbocycles. The predicted molar refractivity (Wildman–Crippen MR) is 79.7 cm³/mol. The van der Waals surface area contributed by atoms with Crippen LogP contribution in [0.3, 0.4) is 0 Å². The van der Waals surface area contributed by atoms with Gasteiger partial charge in [-0.1, -0.05) is 45.0 Å². The average Bonchev–Trinajstić information content (AvgIpc) is 2.33. The van der Waals surface area contributed by atoms with Crippen molar-refractivity contribution >= 4 is 5.69 Å². The fraction of sp³-hybridized carbons (Fsp3) is 0.294. The molecule has 2 heteroatoms. The Hall–Kier alpha value is -1.83. The molecule has 0 atom stereocenters. The predicted octanol–water partition coefficient (Wildman–Crippen LogP) is 4.68. The normalized spacial score (nSPS) is 11.6. The summed E-state index contributed by atoms with van der Waals surface area (Å²) in [6.07, 6.45) is 0. The molecule has 0 aromatic heterocycles.